The summed E-state index contributed by atoms with van der Waals surface area (Å²) in [6, 6.07) is 6.38. The van der Waals surface area contributed by atoms with Gasteiger partial charge in [0.05, 0.1) is 5.69 Å². The molecule has 2 rings (SSSR count). The molecule has 0 saturated heterocycles. The van der Waals surface area contributed by atoms with E-state index in [-0.39, 0.29) is 11.9 Å². The van der Waals surface area contributed by atoms with E-state index in [0.717, 1.165) is 17.0 Å². The number of aromatic nitrogens is 3. The minimum atomic E-state index is -0.265. The van der Waals surface area contributed by atoms with Crippen LogP contribution in [0.1, 0.15) is 25.6 Å². The van der Waals surface area contributed by atoms with E-state index in [1.165, 1.54) is 12.1 Å². The Morgan fingerprint density at radius 1 is 1.29 bits per heavy atom. The van der Waals surface area contributed by atoms with Crippen LogP contribution >= 0.6 is 0 Å². The molecule has 0 spiro atoms. The quantitative estimate of drug-likeness (QED) is 0.885. The smallest absolute Gasteiger partial charge is 0.123 e. The Morgan fingerprint density at radius 3 is 2.47 bits per heavy atom. The highest BCUT2D eigenvalue weighted by Gasteiger charge is 2.14. The molecule has 1 aromatic carbocycles. The Balaban J connectivity index is 2.48. The number of rotatable bonds is 3. The van der Waals surface area contributed by atoms with Gasteiger partial charge in [-0.1, -0.05) is 5.21 Å². The van der Waals surface area contributed by atoms with Crippen molar-refractivity contribution in [3.05, 3.63) is 35.8 Å². The standard InChI is InChI=1S/C12H15FN4/c1-8(2)17-11(7-14)12(15-16-17)9-3-5-10(13)6-4-9/h3-6,8H,7,14H2,1-2H3. The molecule has 0 radical (unpaired) electrons. The first kappa shape index (κ1) is 11.7. The lowest BCUT2D eigenvalue weighted by Gasteiger charge is -2.08. The maximum Gasteiger partial charge on any atom is 0.123 e. The van der Waals surface area contributed by atoms with Crippen LogP contribution in [0.15, 0.2) is 24.3 Å². The first-order valence-corrected chi connectivity index (χ1v) is 5.53. The van der Waals surface area contributed by atoms with E-state index in [0.29, 0.717) is 6.54 Å². The number of nitrogens with two attached hydrogens (primary N) is 1. The summed E-state index contributed by atoms with van der Waals surface area (Å²) < 4.78 is 14.6. The van der Waals surface area contributed by atoms with E-state index in [1.54, 1.807) is 16.8 Å². The van der Waals surface area contributed by atoms with Gasteiger partial charge < -0.3 is 5.73 Å². The number of nitrogens with zero attached hydrogens (tertiary/aromatic N) is 3. The average Bonchev–Trinajstić information content (AvgIpc) is 2.73. The second kappa shape index (κ2) is 4.63. The summed E-state index contributed by atoms with van der Waals surface area (Å²) in [5.74, 6) is -0.265. The lowest BCUT2D eigenvalue weighted by molar-refractivity contribution is 0.494. The highest BCUT2D eigenvalue weighted by atomic mass is 19.1. The summed E-state index contributed by atoms with van der Waals surface area (Å²) >= 11 is 0. The zero-order valence-corrected chi connectivity index (χ0v) is 9.89. The molecule has 1 heterocycles. The van der Waals surface area contributed by atoms with Crippen molar-refractivity contribution in [2.45, 2.75) is 26.4 Å². The molecule has 0 aliphatic rings. The van der Waals surface area contributed by atoms with Crippen LogP contribution in [-0.2, 0) is 6.54 Å². The molecule has 4 nitrogen and oxygen atoms in total. The van der Waals surface area contributed by atoms with Gasteiger partial charge in [-0.25, -0.2) is 9.07 Å². The number of benzene rings is 1. The minimum absolute atomic E-state index is 0.204. The molecule has 0 fully saturated rings. The van der Waals surface area contributed by atoms with Crippen molar-refractivity contribution in [2.75, 3.05) is 0 Å². The van der Waals surface area contributed by atoms with Gasteiger partial charge in [-0.3, -0.25) is 0 Å². The van der Waals surface area contributed by atoms with E-state index in [4.69, 9.17) is 5.73 Å². The summed E-state index contributed by atoms with van der Waals surface area (Å²) in [6.07, 6.45) is 0. The van der Waals surface area contributed by atoms with Crippen LogP contribution in [0.5, 0.6) is 0 Å². The van der Waals surface area contributed by atoms with Crippen molar-refractivity contribution >= 4 is 0 Å². The Labute approximate surface area is 99.2 Å². The van der Waals surface area contributed by atoms with Crippen molar-refractivity contribution in [1.29, 1.82) is 0 Å². The Morgan fingerprint density at radius 2 is 1.94 bits per heavy atom. The fraction of sp³-hybridized carbons (Fsp3) is 0.333. The summed E-state index contributed by atoms with van der Waals surface area (Å²) in [5, 5.41) is 8.20. The van der Waals surface area contributed by atoms with E-state index >= 15 is 0 Å². The molecule has 1 aromatic heterocycles. The van der Waals surface area contributed by atoms with Crippen LogP contribution in [0, 0.1) is 5.82 Å². The highest BCUT2D eigenvalue weighted by molar-refractivity contribution is 5.61. The second-order valence-electron chi connectivity index (χ2n) is 4.13. The van der Waals surface area contributed by atoms with Gasteiger partial charge in [0.2, 0.25) is 0 Å². The molecule has 0 atom stereocenters. The van der Waals surface area contributed by atoms with Gasteiger partial charge in [0, 0.05) is 18.2 Å². The third-order valence-electron chi connectivity index (χ3n) is 2.59. The van der Waals surface area contributed by atoms with E-state index in [2.05, 4.69) is 10.3 Å². The number of halogens is 1. The van der Waals surface area contributed by atoms with Crippen molar-refractivity contribution < 1.29 is 4.39 Å². The van der Waals surface area contributed by atoms with Crippen LogP contribution in [0.25, 0.3) is 11.3 Å². The fourth-order valence-corrected chi connectivity index (χ4v) is 1.75. The largest absolute Gasteiger partial charge is 0.325 e. The molecule has 0 saturated carbocycles. The Hall–Kier alpha value is -1.75. The lowest BCUT2D eigenvalue weighted by Crippen LogP contribution is -2.11. The van der Waals surface area contributed by atoms with Crippen molar-refractivity contribution in [3.63, 3.8) is 0 Å². The molecule has 17 heavy (non-hydrogen) atoms. The predicted octanol–water partition coefficient (Wildman–Crippen LogP) is 2.12. The summed E-state index contributed by atoms with van der Waals surface area (Å²) in [5.41, 5.74) is 8.15. The van der Waals surface area contributed by atoms with Crippen LogP contribution in [0.2, 0.25) is 0 Å². The first-order valence-electron chi connectivity index (χ1n) is 5.53. The summed E-state index contributed by atoms with van der Waals surface area (Å²) in [6.45, 7) is 4.39. The monoisotopic (exact) mass is 234 g/mol. The maximum atomic E-state index is 12.9. The molecule has 2 N–H and O–H groups in total. The Bertz CT molecular complexity index is 502. The maximum absolute atomic E-state index is 12.9. The molecule has 2 aromatic rings. The minimum Gasteiger partial charge on any atom is -0.325 e. The molecule has 0 aliphatic heterocycles. The lowest BCUT2D eigenvalue weighted by atomic mass is 10.1. The van der Waals surface area contributed by atoms with Gasteiger partial charge >= 0.3 is 0 Å². The van der Waals surface area contributed by atoms with Crippen molar-refractivity contribution in [3.8, 4) is 11.3 Å². The predicted molar refractivity (Wildman–Crippen MR) is 63.7 cm³/mol. The summed E-state index contributed by atoms with van der Waals surface area (Å²) in [7, 11) is 0. The molecule has 5 heteroatoms. The van der Waals surface area contributed by atoms with Crippen molar-refractivity contribution in [1.82, 2.24) is 15.0 Å². The average molecular weight is 234 g/mol. The molecule has 0 bridgehead atoms. The Kier molecular flexibility index (Phi) is 3.19. The van der Waals surface area contributed by atoms with Crippen LogP contribution in [-0.4, -0.2) is 15.0 Å². The highest BCUT2D eigenvalue weighted by Crippen LogP contribution is 2.22. The van der Waals surface area contributed by atoms with Crippen LogP contribution in [0.3, 0.4) is 0 Å². The van der Waals surface area contributed by atoms with Crippen molar-refractivity contribution in [2.24, 2.45) is 5.73 Å². The van der Waals surface area contributed by atoms with Gasteiger partial charge in [-0.2, -0.15) is 0 Å². The SMILES string of the molecule is CC(C)n1nnc(-c2ccc(F)cc2)c1CN. The van der Waals surface area contributed by atoms with E-state index < -0.39 is 0 Å². The summed E-state index contributed by atoms with van der Waals surface area (Å²) in [4.78, 5) is 0. The second-order valence-corrected chi connectivity index (χ2v) is 4.13. The van der Waals surface area contributed by atoms with Gasteiger partial charge in [-0.05, 0) is 38.1 Å². The molecule has 0 aliphatic carbocycles. The molecule has 0 unspecified atom stereocenters. The number of hydrogen-bond acceptors (Lipinski definition) is 3. The zero-order chi connectivity index (χ0) is 12.4. The third-order valence-corrected chi connectivity index (χ3v) is 2.59. The number of hydrogen-bond donors (Lipinski definition) is 1. The molecular formula is C12H15FN4. The molecule has 90 valence electrons. The van der Waals surface area contributed by atoms with Gasteiger partial charge in [0.15, 0.2) is 0 Å². The van der Waals surface area contributed by atoms with E-state index in [9.17, 15) is 4.39 Å². The van der Waals surface area contributed by atoms with Crippen LogP contribution < -0.4 is 5.73 Å². The topological polar surface area (TPSA) is 56.7 Å². The molecular weight excluding hydrogens is 219 g/mol. The zero-order valence-electron chi connectivity index (χ0n) is 9.89. The van der Waals surface area contributed by atoms with Gasteiger partial charge in [-0.15, -0.1) is 5.10 Å². The van der Waals surface area contributed by atoms with Gasteiger partial charge in [0.1, 0.15) is 11.5 Å². The fourth-order valence-electron chi connectivity index (χ4n) is 1.75. The van der Waals surface area contributed by atoms with Gasteiger partial charge in [0.25, 0.3) is 0 Å². The van der Waals surface area contributed by atoms with E-state index in [1.807, 2.05) is 13.8 Å². The van der Waals surface area contributed by atoms with Crippen LogP contribution in [0.4, 0.5) is 4.39 Å². The molecule has 0 amide bonds. The third kappa shape index (κ3) is 2.19. The normalized spacial score (nSPS) is 11.1. The first-order chi connectivity index (χ1) is 8.13.